The van der Waals surface area contributed by atoms with Gasteiger partial charge >= 0.3 is 0 Å². The van der Waals surface area contributed by atoms with Crippen molar-refractivity contribution >= 4 is 17.5 Å². The zero-order valence-electron chi connectivity index (χ0n) is 16.4. The van der Waals surface area contributed by atoms with Gasteiger partial charge in [0.2, 0.25) is 11.8 Å². The van der Waals surface area contributed by atoms with Crippen LogP contribution in [0.5, 0.6) is 0 Å². The Kier molecular flexibility index (Phi) is 6.47. The van der Waals surface area contributed by atoms with Crippen LogP contribution in [0, 0.1) is 0 Å². The van der Waals surface area contributed by atoms with E-state index in [9.17, 15) is 14.7 Å². The average Bonchev–Trinajstić information content (AvgIpc) is 2.73. The second-order valence-corrected chi connectivity index (χ2v) is 7.38. The molecule has 5 heteroatoms. The number of hydrogen-bond donors (Lipinski definition) is 2. The number of piperidine rings is 1. The lowest BCUT2D eigenvalue weighted by atomic mass is 9.84. The van der Waals surface area contributed by atoms with Crippen molar-refractivity contribution in [1.82, 2.24) is 4.90 Å². The highest BCUT2D eigenvalue weighted by Crippen LogP contribution is 2.32. The van der Waals surface area contributed by atoms with E-state index < -0.39 is 5.60 Å². The van der Waals surface area contributed by atoms with Crippen LogP contribution in [0.4, 0.5) is 5.69 Å². The molecule has 0 aliphatic carbocycles. The SMILES string of the molecule is CCc1cccc(NC(=O)CCC(=O)N2CCC(O)(c3ccccc3)CC2)c1. The lowest BCUT2D eigenvalue weighted by molar-refractivity contribution is -0.137. The van der Waals surface area contributed by atoms with Gasteiger partial charge in [-0.05, 0) is 42.5 Å². The molecule has 148 valence electrons. The first-order valence-corrected chi connectivity index (χ1v) is 9.94. The molecule has 2 aromatic carbocycles. The second-order valence-electron chi connectivity index (χ2n) is 7.38. The molecule has 0 saturated carbocycles. The molecule has 1 fully saturated rings. The highest BCUT2D eigenvalue weighted by Gasteiger charge is 2.35. The number of benzene rings is 2. The Bertz CT molecular complexity index is 812. The van der Waals surface area contributed by atoms with Crippen LogP contribution in [-0.4, -0.2) is 34.9 Å². The molecule has 28 heavy (non-hydrogen) atoms. The summed E-state index contributed by atoms with van der Waals surface area (Å²) >= 11 is 0. The number of likely N-dealkylation sites (tertiary alicyclic amines) is 1. The van der Waals surface area contributed by atoms with Gasteiger partial charge in [0.1, 0.15) is 0 Å². The van der Waals surface area contributed by atoms with Gasteiger partial charge in [-0.2, -0.15) is 0 Å². The van der Waals surface area contributed by atoms with Crippen LogP contribution in [-0.2, 0) is 21.6 Å². The van der Waals surface area contributed by atoms with Crippen LogP contribution in [0.15, 0.2) is 54.6 Å². The zero-order chi connectivity index (χ0) is 20.0. The van der Waals surface area contributed by atoms with E-state index >= 15 is 0 Å². The fourth-order valence-electron chi connectivity index (χ4n) is 3.63. The Labute approximate surface area is 166 Å². The Balaban J connectivity index is 1.46. The number of rotatable bonds is 6. The first kappa shape index (κ1) is 20.1. The largest absolute Gasteiger partial charge is 0.385 e. The maximum Gasteiger partial charge on any atom is 0.224 e. The number of carbonyl (C=O) groups is 2. The molecule has 1 aliphatic rings. The molecule has 2 N–H and O–H groups in total. The minimum Gasteiger partial charge on any atom is -0.385 e. The third-order valence-electron chi connectivity index (χ3n) is 5.44. The predicted molar refractivity (Wildman–Crippen MR) is 110 cm³/mol. The second kappa shape index (κ2) is 9.02. The monoisotopic (exact) mass is 380 g/mol. The summed E-state index contributed by atoms with van der Waals surface area (Å²) in [5.74, 6) is -0.188. The fraction of sp³-hybridized carbons (Fsp3) is 0.391. The van der Waals surface area contributed by atoms with Crippen molar-refractivity contribution in [1.29, 1.82) is 0 Å². The van der Waals surface area contributed by atoms with Gasteiger partial charge in [0, 0.05) is 31.6 Å². The molecule has 0 aromatic heterocycles. The van der Waals surface area contributed by atoms with Gasteiger partial charge in [0.25, 0.3) is 0 Å². The topological polar surface area (TPSA) is 69.6 Å². The Morgan fingerprint density at radius 3 is 2.43 bits per heavy atom. The van der Waals surface area contributed by atoms with Crippen LogP contribution in [0.1, 0.15) is 43.7 Å². The van der Waals surface area contributed by atoms with Crippen molar-refractivity contribution in [3.63, 3.8) is 0 Å². The summed E-state index contributed by atoms with van der Waals surface area (Å²) in [7, 11) is 0. The molecule has 3 rings (SSSR count). The third-order valence-corrected chi connectivity index (χ3v) is 5.44. The number of nitrogens with zero attached hydrogens (tertiary/aromatic N) is 1. The fourth-order valence-corrected chi connectivity index (χ4v) is 3.63. The zero-order valence-corrected chi connectivity index (χ0v) is 16.4. The summed E-state index contributed by atoms with van der Waals surface area (Å²) in [6, 6.07) is 17.4. The van der Waals surface area contributed by atoms with Crippen LogP contribution in [0.25, 0.3) is 0 Å². The van der Waals surface area contributed by atoms with Crippen LogP contribution in [0.3, 0.4) is 0 Å². The summed E-state index contributed by atoms with van der Waals surface area (Å²) in [4.78, 5) is 26.4. The van der Waals surface area contributed by atoms with Gasteiger partial charge < -0.3 is 15.3 Å². The molecule has 0 bridgehead atoms. The van der Waals surface area contributed by atoms with E-state index in [4.69, 9.17) is 0 Å². The highest BCUT2D eigenvalue weighted by atomic mass is 16.3. The normalized spacial score (nSPS) is 15.9. The smallest absolute Gasteiger partial charge is 0.224 e. The van der Waals surface area contributed by atoms with E-state index in [-0.39, 0.29) is 24.7 Å². The predicted octanol–water partition coefficient (Wildman–Crippen LogP) is 3.48. The minimum atomic E-state index is -0.875. The summed E-state index contributed by atoms with van der Waals surface area (Å²) < 4.78 is 0. The number of anilines is 1. The summed E-state index contributed by atoms with van der Waals surface area (Å²) in [5, 5.41) is 13.7. The van der Waals surface area contributed by atoms with Gasteiger partial charge in [0.15, 0.2) is 0 Å². The molecular weight excluding hydrogens is 352 g/mol. The molecule has 1 saturated heterocycles. The average molecular weight is 380 g/mol. The molecule has 0 atom stereocenters. The molecule has 5 nitrogen and oxygen atoms in total. The van der Waals surface area contributed by atoms with Crippen LogP contribution >= 0.6 is 0 Å². The van der Waals surface area contributed by atoms with E-state index in [1.54, 1.807) is 4.90 Å². The highest BCUT2D eigenvalue weighted by molar-refractivity contribution is 5.93. The number of amides is 2. The van der Waals surface area contributed by atoms with Gasteiger partial charge in [-0.3, -0.25) is 9.59 Å². The van der Waals surface area contributed by atoms with Crippen molar-refractivity contribution in [2.75, 3.05) is 18.4 Å². The maximum absolute atomic E-state index is 12.5. The summed E-state index contributed by atoms with van der Waals surface area (Å²) in [5.41, 5.74) is 1.95. The van der Waals surface area contributed by atoms with Crippen molar-refractivity contribution in [3.05, 3.63) is 65.7 Å². The Hall–Kier alpha value is -2.66. The Morgan fingerprint density at radius 2 is 1.75 bits per heavy atom. The van der Waals surface area contributed by atoms with E-state index in [0.717, 1.165) is 23.2 Å². The van der Waals surface area contributed by atoms with Crippen molar-refractivity contribution < 1.29 is 14.7 Å². The molecule has 2 amide bonds. The number of aryl methyl sites for hydroxylation is 1. The van der Waals surface area contributed by atoms with E-state index in [1.165, 1.54) is 0 Å². The van der Waals surface area contributed by atoms with Gasteiger partial charge in [-0.1, -0.05) is 49.4 Å². The molecular formula is C23H28N2O3. The van der Waals surface area contributed by atoms with Gasteiger partial charge in [0.05, 0.1) is 5.60 Å². The first-order chi connectivity index (χ1) is 13.5. The van der Waals surface area contributed by atoms with Crippen LogP contribution < -0.4 is 5.32 Å². The lowest BCUT2D eigenvalue weighted by Crippen LogP contribution is -2.45. The van der Waals surface area contributed by atoms with Crippen molar-refractivity contribution in [3.8, 4) is 0 Å². The standard InChI is InChI=1S/C23H28N2O3/c1-2-18-7-6-10-20(17-18)24-21(26)11-12-22(27)25-15-13-23(28,14-16-25)19-8-4-3-5-9-19/h3-10,17,28H,2,11-16H2,1H3,(H,24,26). The first-order valence-electron chi connectivity index (χ1n) is 9.94. The lowest BCUT2D eigenvalue weighted by Gasteiger charge is -2.38. The van der Waals surface area contributed by atoms with Gasteiger partial charge in [-0.15, -0.1) is 0 Å². The minimum absolute atomic E-state index is 0.0347. The molecule has 0 radical (unpaired) electrons. The number of hydrogen-bond acceptors (Lipinski definition) is 3. The van der Waals surface area contributed by atoms with Crippen molar-refractivity contribution in [2.45, 2.75) is 44.6 Å². The van der Waals surface area contributed by atoms with E-state index in [0.29, 0.717) is 25.9 Å². The molecule has 0 spiro atoms. The van der Waals surface area contributed by atoms with E-state index in [1.807, 2.05) is 54.6 Å². The molecule has 0 unspecified atom stereocenters. The van der Waals surface area contributed by atoms with Crippen LogP contribution in [0.2, 0.25) is 0 Å². The number of nitrogens with one attached hydrogen (secondary N) is 1. The summed E-state index contributed by atoms with van der Waals surface area (Å²) in [6.45, 7) is 3.08. The quantitative estimate of drug-likeness (QED) is 0.806. The van der Waals surface area contributed by atoms with Crippen molar-refractivity contribution in [2.24, 2.45) is 0 Å². The number of aliphatic hydroxyl groups is 1. The third kappa shape index (κ3) is 4.98. The van der Waals surface area contributed by atoms with E-state index in [2.05, 4.69) is 12.2 Å². The molecule has 1 heterocycles. The van der Waals surface area contributed by atoms with Gasteiger partial charge in [-0.25, -0.2) is 0 Å². The maximum atomic E-state index is 12.5. The molecule has 2 aromatic rings. The summed E-state index contributed by atoms with van der Waals surface area (Å²) in [6.07, 6.45) is 2.28. The molecule has 1 aliphatic heterocycles. The Morgan fingerprint density at radius 1 is 1.04 bits per heavy atom. The number of carbonyl (C=O) groups excluding carboxylic acids is 2.